The van der Waals surface area contributed by atoms with Gasteiger partial charge in [-0.3, -0.25) is 9.59 Å². The Labute approximate surface area is 84.8 Å². The molecule has 2 amide bonds. The fraction of sp³-hybridized carbons (Fsp3) is 0.600. The molecule has 14 heavy (non-hydrogen) atoms. The summed E-state index contributed by atoms with van der Waals surface area (Å²) in [5.41, 5.74) is 0. The second-order valence-corrected chi connectivity index (χ2v) is 3.66. The molecule has 80 valence electrons. The zero-order chi connectivity index (χ0) is 11.1. The number of carbonyl (C=O) groups excluding carboxylic acids is 2. The first-order chi connectivity index (χ1) is 6.41. The predicted octanol–water partition coefficient (Wildman–Crippen LogP) is 0.592. The third-order valence-electron chi connectivity index (χ3n) is 1.25. The molecule has 0 rings (SSSR count). The molecule has 4 nitrogen and oxygen atoms in total. The molecule has 0 fully saturated rings. The fourth-order valence-corrected chi connectivity index (χ4v) is 0.817. The Morgan fingerprint density at radius 1 is 0.857 bits per heavy atom. The van der Waals surface area contributed by atoms with Crippen LogP contribution in [0.25, 0.3) is 0 Å². The molecule has 0 aromatic heterocycles. The van der Waals surface area contributed by atoms with Gasteiger partial charge in [0, 0.05) is 24.2 Å². The van der Waals surface area contributed by atoms with Crippen LogP contribution in [0.5, 0.6) is 0 Å². The van der Waals surface area contributed by atoms with E-state index in [1.165, 1.54) is 12.2 Å². The van der Waals surface area contributed by atoms with Crippen LogP contribution in [0.1, 0.15) is 27.7 Å². The lowest BCUT2D eigenvalue weighted by Gasteiger charge is -2.05. The smallest absolute Gasteiger partial charge is 0.244 e. The first-order valence-corrected chi connectivity index (χ1v) is 4.71. The highest BCUT2D eigenvalue weighted by atomic mass is 16.2. The molecule has 4 heteroatoms. The number of hydrogen-bond acceptors (Lipinski definition) is 2. The highest BCUT2D eigenvalue weighted by Crippen LogP contribution is 1.82. The third kappa shape index (κ3) is 7.34. The number of amides is 2. The molecule has 0 heterocycles. The first kappa shape index (κ1) is 12.7. The molecule has 0 spiro atoms. The molecule has 0 bridgehead atoms. The number of hydrogen-bond donors (Lipinski definition) is 2. The van der Waals surface area contributed by atoms with Crippen molar-refractivity contribution in [2.45, 2.75) is 39.8 Å². The van der Waals surface area contributed by atoms with E-state index in [4.69, 9.17) is 0 Å². The Morgan fingerprint density at radius 3 is 1.36 bits per heavy atom. The quantitative estimate of drug-likeness (QED) is 0.650. The summed E-state index contributed by atoms with van der Waals surface area (Å²) in [4.78, 5) is 22.1. The lowest BCUT2D eigenvalue weighted by molar-refractivity contribution is -0.119. The summed E-state index contributed by atoms with van der Waals surface area (Å²) in [7, 11) is 0. The molecule has 0 aromatic carbocycles. The van der Waals surface area contributed by atoms with Crippen LogP contribution >= 0.6 is 0 Å². The second-order valence-electron chi connectivity index (χ2n) is 3.66. The summed E-state index contributed by atoms with van der Waals surface area (Å²) in [6.45, 7) is 7.44. The van der Waals surface area contributed by atoms with Crippen molar-refractivity contribution in [3.05, 3.63) is 12.2 Å². The Hall–Kier alpha value is -1.32. The first-order valence-electron chi connectivity index (χ1n) is 4.71. The van der Waals surface area contributed by atoms with Crippen molar-refractivity contribution in [3.8, 4) is 0 Å². The molecule has 0 saturated carbocycles. The van der Waals surface area contributed by atoms with E-state index < -0.39 is 0 Å². The zero-order valence-electron chi connectivity index (χ0n) is 9.13. The molecule has 0 saturated heterocycles. The lowest BCUT2D eigenvalue weighted by Crippen LogP contribution is -2.30. The van der Waals surface area contributed by atoms with Crippen LogP contribution in [0.15, 0.2) is 12.2 Å². The van der Waals surface area contributed by atoms with Crippen molar-refractivity contribution >= 4 is 11.8 Å². The molecule has 0 unspecified atom stereocenters. The van der Waals surface area contributed by atoms with Gasteiger partial charge in [-0.25, -0.2) is 0 Å². The molecular formula is C10H18N2O2. The van der Waals surface area contributed by atoms with E-state index >= 15 is 0 Å². The summed E-state index contributed by atoms with van der Waals surface area (Å²) in [6.07, 6.45) is 2.47. The van der Waals surface area contributed by atoms with Crippen molar-refractivity contribution < 1.29 is 9.59 Å². The average Bonchev–Trinajstić information content (AvgIpc) is 1.98. The van der Waals surface area contributed by atoms with Gasteiger partial charge in [-0.05, 0) is 27.7 Å². The van der Waals surface area contributed by atoms with Gasteiger partial charge in [0.1, 0.15) is 0 Å². The second kappa shape index (κ2) is 6.18. The maximum atomic E-state index is 11.1. The Balaban J connectivity index is 3.92. The Morgan fingerprint density at radius 2 is 1.14 bits per heavy atom. The number of carbonyl (C=O) groups is 2. The van der Waals surface area contributed by atoms with E-state index in [2.05, 4.69) is 10.6 Å². The van der Waals surface area contributed by atoms with Crippen LogP contribution in [-0.2, 0) is 9.59 Å². The number of nitrogens with one attached hydrogen (secondary N) is 2. The highest BCUT2D eigenvalue weighted by Gasteiger charge is 2.00. The van der Waals surface area contributed by atoms with Crippen molar-refractivity contribution in [2.24, 2.45) is 0 Å². The molecule has 0 aliphatic carbocycles. The van der Waals surface area contributed by atoms with Gasteiger partial charge in [-0.1, -0.05) is 0 Å². The minimum absolute atomic E-state index is 0.0836. The maximum Gasteiger partial charge on any atom is 0.244 e. The van der Waals surface area contributed by atoms with E-state index in [0.29, 0.717) is 0 Å². The Kier molecular flexibility index (Phi) is 5.60. The molecule has 0 aliphatic heterocycles. The van der Waals surface area contributed by atoms with Crippen molar-refractivity contribution in [1.82, 2.24) is 10.6 Å². The van der Waals surface area contributed by atoms with Gasteiger partial charge < -0.3 is 10.6 Å². The van der Waals surface area contributed by atoms with Gasteiger partial charge in [0.25, 0.3) is 0 Å². The van der Waals surface area contributed by atoms with Crippen LogP contribution in [0.2, 0.25) is 0 Å². The largest absolute Gasteiger partial charge is 0.350 e. The molecule has 0 radical (unpaired) electrons. The topological polar surface area (TPSA) is 58.2 Å². The minimum Gasteiger partial charge on any atom is -0.350 e. The zero-order valence-corrected chi connectivity index (χ0v) is 9.13. The lowest BCUT2D eigenvalue weighted by atomic mass is 10.3. The van der Waals surface area contributed by atoms with E-state index in [-0.39, 0.29) is 23.9 Å². The van der Waals surface area contributed by atoms with Crippen LogP contribution in [-0.4, -0.2) is 23.9 Å². The summed E-state index contributed by atoms with van der Waals surface area (Å²) in [6, 6.07) is 0.167. The van der Waals surface area contributed by atoms with E-state index in [9.17, 15) is 9.59 Å². The molecule has 0 atom stereocenters. The van der Waals surface area contributed by atoms with E-state index in [1.807, 2.05) is 27.7 Å². The van der Waals surface area contributed by atoms with Crippen molar-refractivity contribution in [1.29, 1.82) is 0 Å². The third-order valence-corrected chi connectivity index (χ3v) is 1.25. The van der Waals surface area contributed by atoms with Crippen molar-refractivity contribution in [3.63, 3.8) is 0 Å². The van der Waals surface area contributed by atoms with Gasteiger partial charge in [-0.2, -0.15) is 0 Å². The molecule has 2 N–H and O–H groups in total. The van der Waals surface area contributed by atoms with E-state index in [1.54, 1.807) is 0 Å². The van der Waals surface area contributed by atoms with Gasteiger partial charge in [0.2, 0.25) is 11.8 Å². The van der Waals surface area contributed by atoms with Gasteiger partial charge in [0.05, 0.1) is 0 Å². The minimum atomic E-state index is -0.251. The van der Waals surface area contributed by atoms with Gasteiger partial charge >= 0.3 is 0 Å². The van der Waals surface area contributed by atoms with Gasteiger partial charge in [-0.15, -0.1) is 0 Å². The summed E-state index contributed by atoms with van der Waals surface area (Å²) in [5.74, 6) is -0.502. The molecular weight excluding hydrogens is 180 g/mol. The van der Waals surface area contributed by atoms with Crippen LogP contribution < -0.4 is 10.6 Å². The summed E-state index contributed by atoms with van der Waals surface area (Å²) in [5, 5.41) is 5.29. The maximum absolute atomic E-state index is 11.1. The predicted molar refractivity (Wildman–Crippen MR) is 55.7 cm³/mol. The normalized spacial score (nSPS) is 11.0. The van der Waals surface area contributed by atoms with E-state index in [0.717, 1.165) is 0 Å². The monoisotopic (exact) mass is 198 g/mol. The van der Waals surface area contributed by atoms with Crippen molar-refractivity contribution in [2.75, 3.05) is 0 Å². The summed E-state index contributed by atoms with van der Waals surface area (Å²) < 4.78 is 0. The number of rotatable bonds is 4. The SMILES string of the molecule is CC(C)NC(=O)C=CC(=O)NC(C)C. The average molecular weight is 198 g/mol. The summed E-state index contributed by atoms with van der Waals surface area (Å²) >= 11 is 0. The molecule has 0 aliphatic rings. The van der Waals surface area contributed by atoms with Crippen LogP contribution in [0, 0.1) is 0 Å². The Bertz CT molecular complexity index is 208. The van der Waals surface area contributed by atoms with Gasteiger partial charge in [0.15, 0.2) is 0 Å². The molecule has 0 aromatic rings. The van der Waals surface area contributed by atoms with Crippen LogP contribution in [0.3, 0.4) is 0 Å². The van der Waals surface area contributed by atoms with Crippen LogP contribution in [0.4, 0.5) is 0 Å². The fourth-order valence-electron chi connectivity index (χ4n) is 0.817. The standard InChI is InChI=1S/C10H18N2O2/c1-7(2)11-9(13)5-6-10(14)12-8(3)4/h5-8H,1-4H3,(H,11,13)(H,12,14). The highest BCUT2D eigenvalue weighted by molar-refractivity contribution is 5.96.